The predicted molar refractivity (Wildman–Crippen MR) is 68.9 cm³/mol. The first-order valence-electron chi connectivity index (χ1n) is 5.81. The molecule has 0 aliphatic heterocycles. The van der Waals surface area contributed by atoms with E-state index in [2.05, 4.69) is 9.97 Å². The van der Waals surface area contributed by atoms with Crippen molar-refractivity contribution in [2.24, 2.45) is 5.73 Å². The molecule has 18 heavy (non-hydrogen) atoms. The van der Waals surface area contributed by atoms with Crippen molar-refractivity contribution in [2.75, 3.05) is 0 Å². The van der Waals surface area contributed by atoms with E-state index in [9.17, 15) is 0 Å². The lowest BCUT2D eigenvalue weighted by atomic mass is 10.00. The van der Waals surface area contributed by atoms with E-state index in [1.807, 2.05) is 24.3 Å². The molecule has 0 aliphatic rings. The van der Waals surface area contributed by atoms with Gasteiger partial charge in [-0.25, -0.2) is 0 Å². The van der Waals surface area contributed by atoms with Gasteiger partial charge in [0.05, 0.1) is 23.6 Å². The van der Waals surface area contributed by atoms with Gasteiger partial charge in [-0.1, -0.05) is 12.1 Å². The van der Waals surface area contributed by atoms with Gasteiger partial charge >= 0.3 is 0 Å². The van der Waals surface area contributed by atoms with Crippen LogP contribution in [0.3, 0.4) is 0 Å². The largest absolute Gasteiger partial charge is 0.472 e. The average molecular weight is 239 g/mol. The van der Waals surface area contributed by atoms with E-state index in [1.165, 1.54) is 0 Å². The number of nitrogens with two attached hydrogens (primary N) is 1. The minimum absolute atomic E-state index is 0.108. The molecule has 0 bridgehead atoms. The molecular formula is C14H13N3O. The van der Waals surface area contributed by atoms with Crippen LogP contribution in [0.25, 0.3) is 11.0 Å². The van der Waals surface area contributed by atoms with Crippen LogP contribution in [0, 0.1) is 0 Å². The number of hydrogen-bond acceptors (Lipinski definition) is 4. The van der Waals surface area contributed by atoms with Gasteiger partial charge in [0.1, 0.15) is 0 Å². The monoisotopic (exact) mass is 239 g/mol. The molecule has 0 saturated carbocycles. The summed E-state index contributed by atoms with van der Waals surface area (Å²) in [7, 11) is 0. The van der Waals surface area contributed by atoms with Crippen molar-refractivity contribution in [1.82, 2.24) is 9.97 Å². The van der Waals surface area contributed by atoms with Crippen LogP contribution in [0.5, 0.6) is 0 Å². The molecular weight excluding hydrogens is 226 g/mol. The Labute approximate surface area is 104 Å². The van der Waals surface area contributed by atoms with Crippen molar-refractivity contribution in [2.45, 2.75) is 12.5 Å². The van der Waals surface area contributed by atoms with Crippen molar-refractivity contribution < 1.29 is 4.42 Å². The lowest BCUT2D eigenvalue weighted by molar-refractivity contribution is 0.561. The fourth-order valence-corrected chi connectivity index (χ4v) is 2.09. The van der Waals surface area contributed by atoms with Gasteiger partial charge in [0.15, 0.2) is 0 Å². The molecule has 1 aromatic carbocycles. The van der Waals surface area contributed by atoms with Crippen LogP contribution in [0.4, 0.5) is 0 Å². The molecule has 0 amide bonds. The lowest BCUT2D eigenvalue weighted by Crippen LogP contribution is -2.14. The van der Waals surface area contributed by atoms with Crippen LogP contribution < -0.4 is 5.73 Å². The average Bonchev–Trinajstić information content (AvgIpc) is 2.91. The van der Waals surface area contributed by atoms with Crippen molar-refractivity contribution in [3.63, 3.8) is 0 Å². The zero-order valence-corrected chi connectivity index (χ0v) is 9.78. The summed E-state index contributed by atoms with van der Waals surface area (Å²) < 4.78 is 5.06. The number of nitrogens with zero attached hydrogens (tertiary/aromatic N) is 2. The normalized spacial score (nSPS) is 12.7. The van der Waals surface area contributed by atoms with E-state index in [0.717, 1.165) is 28.6 Å². The number of rotatable bonds is 3. The van der Waals surface area contributed by atoms with Crippen molar-refractivity contribution in [1.29, 1.82) is 0 Å². The lowest BCUT2D eigenvalue weighted by Gasteiger charge is -2.12. The van der Waals surface area contributed by atoms with Crippen LogP contribution in [-0.4, -0.2) is 9.97 Å². The molecule has 2 N–H and O–H groups in total. The molecule has 4 heteroatoms. The Hall–Kier alpha value is -2.20. The van der Waals surface area contributed by atoms with Gasteiger partial charge in [0.25, 0.3) is 0 Å². The van der Waals surface area contributed by atoms with E-state index in [4.69, 9.17) is 10.2 Å². The Morgan fingerprint density at radius 2 is 2.06 bits per heavy atom. The number of benzene rings is 1. The zero-order valence-electron chi connectivity index (χ0n) is 9.78. The van der Waals surface area contributed by atoms with Crippen molar-refractivity contribution >= 4 is 11.0 Å². The predicted octanol–water partition coefficient (Wildman–Crippen LogP) is 2.47. The Morgan fingerprint density at radius 3 is 2.89 bits per heavy atom. The smallest absolute Gasteiger partial charge is 0.0935 e. The van der Waals surface area contributed by atoms with Crippen LogP contribution in [-0.2, 0) is 6.42 Å². The fourth-order valence-electron chi connectivity index (χ4n) is 2.09. The van der Waals surface area contributed by atoms with Crippen LogP contribution in [0.15, 0.2) is 53.6 Å². The molecule has 2 heterocycles. The minimum atomic E-state index is -0.108. The maximum absolute atomic E-state index is 6.24. The van der Waals surface area contributed by atoms with E-state index < -0.39 is 0 Å². The molecule has 2 aromatic heterocycles. The number of hydrogen-bond donors (Lipinski definition) is 1. The summed E-state index contributed by atoms with van der Waals surface area (Å²) in [6.07, 6.45) is 7.48. The molecule has 0 fully saturated rings. The first-order valence-corrected chi connectivity index (χ1v) is 5.81. The van der Waals surface area contributed by atoms with E-state index in [-0.39, 0.29) is 6.04 Å². The molecule has 0 spiro atoms. The summed E-state index contributed by atoms with van der Waals surface area (Å²) in [5.41, 5.74) is 10.1. The second-order valence-electron chi connectivity index (χ2n) is 4.21. The van der Waals surface area contributed by atoms with Crippen LogP contribution >= 0.6 is 0 Å². The van der Waals surface area contributed by atoms with Gasteiger partial charge < -0.3 is 10.2 Å². The van der Waals surface area contributed by atoms with Gasteiger partial charge in [-0.2, -0.15) is 0 Å². The first-order chi connectivity index (χ1) is 8.84. The van der Waals surface area contributed by atoms with Crippen LogP contribution in [0.1, 0.15) is 17.2 Å². The van der Waals surface area contributed by atoms with Gasteiger partial charge in [-0.3, -0.25) is 9.97 Å². The van der Waals surface area contributed by atoms with E-state index in [0.29, 0.717) is 0 Å². The summed E-state index contributed by atoms with van der Waals surface area (Å²) in [5.74, 6) is 0. The summed E-state index contributed by atoms with van der Waals surface area (Å²) in [5, 5.41) is 0. The molecule has 1 unspecified atom stereocenters. The van der Waals surface area contributed by atoms with Crippen molar-refractivity contribution in [3.05, 3.63) is 60.3 Å². The maximum atomic E-state index is 6.24. The van der Waals surface area contributed by atoms with Gasteiger partial charge in [0, 0.05) is 18.4 Å². The molecule has 0 aliphatic carbocycles. The number of fused-ring (bicyclic) bond motifs is 1. The maximum Gasteiger partial charge on any atom is 0.0935 e. The van der Waals surface area contributed by atoms with Gasteiger partial charge in [-0.15, -0.1) is 0 Å². The first kappa shape index (κ1) is 10.9. The molecule has 90 valence electrons. The summed E-state index contributed by atoms with van der Waals surface area (Å²) >= 11 is 0. The van der Waals surface area contributed by atoms with Gasteiger partial charge in [0.2, 0.25) is 0 Å². The van der Waals surface area contributed by atoms with E-state index >= 15 is 0 Å². The Kier molecular flexibility index (Phi) is 2.78. The Morgan fingerprint density at radius 1 is 1.17 bits per heavy atom. The highest BCUT2D eigenvalue weighted by atomic mass is 16.3. The molecule has 3 aromatic rings. The highest BCUT2D eigenvalue weighted by molar-refractivity contribution is 5.78. The summed E-state index contributed by atoms with van der Waals surface area (Å²) in [4.78, 5) is 8.65. The Balaban J connectivity index is 1.98. The third kappa shape index (κ3) is 1.98. The van der Waals surface area contributed by atoms with Gasteiger partial charge in [-0.05, 0) is 29.7 Å². The highest BCUT2D eigenvalue weighted by Crippen LogP contribution is 2.22. The SMILES string of the molecule is NC(Cc1ccoc1)c1cccc2nccnc12. The summed E-state index contributed by atoms with van der Waals surface area (Å²) in [6.45, 7) is 0. The minimum Gasteiger partial charge on any atom is -0.472 e. The number of aromatic nitrogens is 2. The topological polar surface area (TPSA) is 64.9 Å². The molecule has 4 nitrogen and oxygen atoms in total. The zero-order chi connectivity index (χ0) is 12.4. The fraction of sp³-hybridized carbons (Fsp3) is 0.143. The standard InChI is InChI=1S/C14H13N3O/c15-12(8-10-4-7-18-9-10)11-2-1-3-13-14(11)17-6-5-16-13/h1-7,9,12H,8,15H2. The molecule has 1 atom stereocenters. The molecule has 0 radical (unpaired) electrons. The van der Waals surface area contributed by atoms with E-state index in [1.54, 1.807) is 24.9 Å². The highest BCUT2D eigenvalue weighted by Gasteiger charge is 2.12. The summed E-state index contributed by atoms with van der Waals surface area (Å²) in [6, 6.07) is 7.72. The van der Waals surface area contributed by atoms with Crippen molar-refractivity contribution in [3.8, 4) is 0 Å². The molecule has 3 rings (SSSR count). The second-order valence-corrected chi connectivity index (χ2v) is 4.21. The number of furan rings is 1. The number of para-hydroxylation sites is 1. The third-order valence-corrected chi connectivity index (χ3v) is 2.97. The second kappa shape index (κ2) is 4.58. The Bertz CT molecular complexity index is 644. The molecule has 0 saturated heterocycles. The van der Waals surface area contributed by atoms with Crippen LogP contribution in [0.2, 0.25) is 0 Å². The quantitative estimate of drug-likeness (QED) is 0.762. The third-order valence-electron chi connectivity index (χ3n) is 2.97.